The van der Waals surface area contributed by atoms with E-state index in [0.717, 1.165) is 10.9 Å². The van der Waals surface area contributed by atoms with Crippen molar-refractivity contribution in [3.05, 3.63) is 56.2 Å². The quantitative estimate of drug-likeness (QED) is 0.842. The first kappa shape index (κ1) is 13.6. The van der Waals surface area contributed by atoms with Crippen LogP contribution in [0, 0.1) is 13.8 Å². The highest BCUT2D eigenvalue weighted by Crippen LogP contribution is 2.26. The maximum atomic E-state index is 5.95. The molecule has 96 valence electrons. The Morgan fingerprint density at radius 1 is 1.17 bits per heavy atom. The summed E-state index contributed by atoms with van der Waals surface area (Å²) in [7, 11) is 0. The summed E-state index contributed by atoms with van der Waals surface area (Å²) < 4.78 is 0.852. The molecule has 1 unspecified atom stereocenters. The number of hydrogen-bond donors (Lipinski definition) is 1. The van der Waals surface area contributed by atoms with Crippen LogP contribution in [0.5, 0.6) is 0 Å². The van der Waals surface area contributed by atoms with Crippen LogP contribution >= 0.6 is 22.9 Å². The standard InChI is InChI=1S/C15H18ClNS/c1-10-4-5-13(8-11(10)2)9-17-12(3)14-6-7-15(16)18-14/h4-8,12,17H,9H2,1-3H3. The molecule has 0 aliphatic carbocycles. The minimum absolute atomic E-state index is 0.337. The van der Waals surface area contributed by atoms with Gasteiger partial charge < -0.3 is 5.32 Å². The molecule has 0 aliphatic heterocycles. The SMILES string of the molecule is Cc1ccc(CNC(C)c2ccc(Cl)s2)cc1C. The first-order valence-electron chi connectivity index (χ1n) is 6.11. The van der Waals surface area contributed by atoms with Crippen LogP contribution in [0.25, 0.3) is 0 Å². The summed E-state index contributed by atoms with van der Waals surface area (Å²) in [5.74, 6) is 0. The van der Waals surface area contributed by atoms with Crippen molar-refractivity contribution in [3.8, 4) is 0 Å². The van der Waals surface area contributed by atoms with Gasteiger partial charge >= 0.3 is 0 Å². The Bertz CT molecular complexity index is 533. The molecule has 2 rings (SSSR count). The zero-order valence-electron chi connectivity index (χ0n) is 11.0. The van der Waals surface area contributed by atoms with Gasteiger partial charge in [-0.1, -0.05) is 29.8 Å². The summed E-state index contributed by atoms with van der Waals surface area (Å²) in [5.41, 5.74) is 4.02. The lowest BCUT2D eigenvalue weighted by atomic mass is 10.1. The Labute approximate surface area is 118 Å². The molecule has 0 amide bonds. The van der Waals surface area contributed by atoms with E-state index in [0.29, 0.717) is 6.04 Å². The molecule has 0 spiro atoms. The molecule has 1 atom stereocenters. The van der Waals surface area contributed by atoms with E-state index in [-0.39, 0.29) is 0 Å². The molecular weight excluding hydrogens is 262 g/mol. The highest BCUT2D eigenvalue weighted by Gasteiger charge is 2.07. The van der Waals surface area contributed by atoms with E-state index in [1.807, 2.05) is 6.07 Å². The van der Waals surface area contributed by atoms with Gasteiger partial charge in [0.2, 0.25) is 0 Å². The molecule has 0 saturated carbocycles. The molecule has 1 N–H and O–H groups in total. The van der Waals surface area contributed by atoms with Gasteiger partial charge in [0, 0.05) is 17.5 Å². The number of rotatable bonds is 4. The van der Waals surface area contributed by atoms with Gasteiger partial charge in [-0.2, -0.15) is 0 Å². The Morgan fingerprint density at radius 3 is 2.56 bits per heavy atom. The second-order valence-electron chi connectivity index (χ2n) is 4.66. The maximum absolute atomic E-state index is 5.95. The second kappa shape index (κ2) is 5.87. The normalized spacial score (nSPS) is 12.7. The molecule has 0 fully saturated rings. The van der Waals surface area contributed by atoms with E-state index in [2.05, 4.69) is 50.4 Å². The van der Waals surface area contributed by atoms with Crippen LogP contribution in [-0.4, -0.2) is 0 Å². The van der Waals surface area contributed by atoms with Crippen molar-refractivity contribution < 1.29 is 0 Å². The number of thiophene rings is 1. The van der Waals surface area contributed by atoms with E-state index in [1.165, 1.54) is 21.6 Å². The van der Waals surface area contributed by atoms with Gasteiger partial charge in [-0.25, -0.2) is 0 Å². The maximum Gasteiger partial charge on any atom is 0.0931 e. The lowest BCUT2D eigenvalue weighted by Crippen LogP contribution is -2.17. The van der Waals surface area contributed by atoms with Crippen molar-refractivity contribution in [1.82, 2.24) is 5.32 Å². The molecule has 1 nitrogen and oxygen atoms in total. The summed E-state index contributed by atoms with van der Waals surface area (Å²) in [5, 5.41) is 3.53. The van der Waals surface area contributed by atoms with E-state index in [9.17, 15) is 0 Å². The van der Waals surface area contributed by atoms with E-state index >= 15 is 0 Å². The van der Waals surface area contributed by atoms with Gasteiger partial charge in [0.15, 0.2) is 0 Å². The van der Waals surface area contributed by atoms with Crippen LogP contribution in [0.3, 0.4) is 0 Å². The number of aryl methyl sites for hydroxylation is 2. The van der Waals surface area contributed by atoms with Crippen LogP contribution in [-0.2, 0) is 6.54 Å². The van der Waals surface area contributed by atoms with Crippen molar-refractivity contribution in [2.45, 2.75) is 33.4 Å². The van der Waals surface area contributed by atoms with Gasteiger partial charge in [-0.15, -0.1) is 11.3 Å². The molecule has 0 radical (unpaired) electrons. The first-order valence-corrected chi connectivity index (χ1v) is 7.30. The smallest absolute Gasteiger partial charge is 0.0931 e. The van der Waals surface area contributed by atoms with Gasteiger partial charge in [0.25, 0.3) is 0 Å². The van der Waals surface area contributed by atoms with E-state index in [4.69, 9.17) is 11.6 Å². The van der Waals surface area contributed by atoms with Gasteiger partial charge in [-0.05, 0) is 49.6 Å². The molecule has 3 heteroatoms. The summed E-state index contributed by atoms with van der Waals surface area (Å²) in [6.07, 6.45) is 0. The molecule has 1 aromatic carbocycles. The Balaban J connectivity index is 1.97. The molecule has 1 heterocycles. The summed E-state index contributed by atoms with van der Waals surface area (Å²) in [6, 6.07) is 11.0. The molecule has 1 aromatic heterocycles. The second-order valence-corrected chi connectivity index (χ2v) is 6.41. The van der Waals surface area contributed by atoms with Crippen LogP contribution in [0.2, 0.25) is 4.34 Å². The molecule has 18 heavy (non-hydrogen) atoms. The fourth-order valence-corrected chi connectivity index (χ4v) is 2.93. The summed E-state index contributed by atoms with van der Waals surface area (Å²) in [6.45, 7) is 7.35. The number of hydrogen-bond acceptors (Lipinski definition) is 2. The number of benzene rings is 1. The predicted molar refractivity (Wildman–Crippen MR) is 80.5 cm³/mol. The topological polar surface area (TPSA) is 12.0 Å². The van der Waals surface area contributed by atoms with Gasteiger partial charge in [0.1, 0.15) is 0 Å². The lowest BCUT2D eigenvalue weighted by molar-refractivity contribution is 0.582. The average molecular weight is 280 g/mol. The van der Waals surface area contributed by atoms with Crippen molar-refractivity contribution >= 4 is 22.9 Å². The number of nitrogens with one attached hydrogen (secondary N) is 1. The summed E-state index contributed by atoms with van der Waals surface area (Å²) >= 11 is 7.59. The Hall–Kier alpha value is -0.830. The molecule has 2 aromatic rings. The van der Waals surface area contributed by atoms with E-state index in [1.54, 1.807) is 11.3 Å². The average Bonchev–Trinajstić information content (AvgIpc) is 2.77. The number of halogens is 1. The third-order valence-corrected chi connectivity index (χ3v) is 4.62. The van der Waals surface area contributed by atoms with Crippen molar-refractivity contribution in [1.29, 1.82) is 0 Å². The van der Waals surface area contributed by atoms with Gasteiger partial charge in [-0.3, -0.25) is 0 Å². The fraction of sp³-hybridized carbons (Fsp3) is 0.333. The minimum atomic E-state index is 0.337. The van der Waals surface area contributed by atoms with Crippen LogP contribution in [0.15, 0.2) is 30.3 Å². The third kappa shape index (κ3) is 3.35. The minimum Gasteiger partial charge on any atom is -0.305 e. The Morgan fingerprint density at radius 2 is 1.94 bits per heavy atom. The van der Waals surface area contributed by atoms with E-state index < -0.39 is 0 Å². The van der Waals surface area contributed by atoms with Crippen molar-refractivity contribution in [2.75, 3.05) is 0 Å². The van der Waals surface area contributed by atoms with Crippen molar-refractivity contribution in [2.24, 2.45) is 0 Å². The highest BCUT2D eigenvalue weighted by atomic mass is 35.5. The Kier molecular flexibility index (Phi) is 4.44. The monoisotopic (exact) mass is 279 g/mol. The summed E-state index contributed by atoms with van der Waals surface area (Å²) in [4.78, 5) is 1.28. The third-order valence-electron chi connectivity index (χ3n) is 3.20. The lowest BCUT2D eigenvalue weighted by Gasteiger charge is -2.13. The zero-order chi connectivity index (χ0) is 13.1. The molecule has 0 aliphatic rings. The first-order chi connectivity index (χ1) is 8.56. The zero-order valence-corrected chi connectivity index (χ0v) is 12.5. The van der Waals surface area contributed by atoms with Crippen molar-refractivity contribution in [3.63, 3.8) is 0 Å². The predicted octanol–water partition coefficient (Wildman–Crippen LogP) is 4.87. The van der Waals surface area contributed by atoms with Gasteiger partial charge in [0.05, 0.1) is 4.34 Å². The molecular formula is C15H18ClNS. The largest absolute Gasteiger partial charge is 0.305 e. The highest BCUT2D eigenvalue weighted by molar-refractivity contribution is 7.16. The van der Waals surface area contributed by atoms with Crippen LogP contribution < -0.4 is 5.32 Å². The van der Waals surface area contributed by atoms with Crippen LogP contribution in [0.1, 0.15) is 34.5 Å². The molecule has 0 saturated heterocycles. The van der Waals surface area contributed by atoms with Crippen LogP contribution in [0.4, 0.5) is 0 Å². The molecule has 0 bridgehead atoms. The fourth-order valence-electron chi connectivity index (χ4n) is 1.85.